The predicted octanol–water partition coefficient (Wildman–Crippen LogP) is 3.88. The van der Waals surface area contributed by atoms with E-state index < -0.39 is 11.9 Å². The number of amides is 1. The molecule has 25 heavy (non-hydrogen) atoms. The first-order valence-electron chi connectivity index (χ1n) is 7.91. The highest BCUT2D eigenvalue weighted by molar-refractivity contribution is 9.10. The number of ether oxygens (including phenoxy) is 2. The molecule has 0 fully saturated rings. The van der Waals surface area contributed by atoms with E-state index in [2.05, 4.69) is 28.2 Å². The number of hydrogen-bond acceptors (Lipinski definition) is 4. The molecular formula is C19H20BrNO4. The fourth-order valence-electron chi connectivity index (χ4n) is 2.06. The van der Waals surface area contributed by atoms with E-state index in [1.54, 1.807) is 18.2 Å². The lowest BCUT2D eigenvalue weighted by atomic mass is 10.2. The molecule has 0 saturated heterocycles. The lowest BCUT2D eigenvalue weighted by molar-refractivity contribution is -0.149. The Balaban J connectivity index is 1.74. The van der Waals surface area contributed by atoms with Gasteiger partial charge in [-0.05, 0) is 64.7 Å². The number of anilines is 1. The standard InChI is InChI=1S/C19H20BrNO4/c1-3-14-5-7-15(8-6-14)24-12-19(23)25-11-18(22)21-17-9-4-13(2)10-16(17)20/h4-10H,3,11-12H2,1-2H3,(H,21,22). The molecule has 0 unspecified atom stereocenters. The zero-order valence-electron chi connectivity index (χ0n) is 14.2. The van der Waals surface area contributed by atoms with E-state index in [1.165, 1.54) is 5.56 Å². The second-order valence-corrected chi connectivity index (χ2v) is 6.33. The van der Waals surface area contributed by atoms with E-state index >= 15 is 0 Å². The average Bonchev–Trinajstić information content (AvgIpc) is 2.61. The van der Waals surface area contributed by atoms with Crippen molar-refractivity contribution in [1.82, 2.24) is 0 Å². The molecule has 1 N–H and O–H groups in total. The van der Waals surface area contributed by atoms with Gasteiger partial charge in [0, 0.05) is 4.47 Å². The van der Waals surface area contributed by atoms with Crippen molar-refractivity contribution in [2.24, 2.45) is 0 Å². The Morgan fingerprint density at radius 2 is 1.80 bits per heavy atom. The van der Waals surface area contributed by atoms with Gasteiger partial charge in [0.1, 0.15) is 5.75 Å². The maximum absolute atomic E-state index is 11.8. The monoisotopic (exact) mass is 405 g/mol. The van der Waals surface area contributed by atoms with Crippen LogP contribution < -0.4 is 10.1 Å². The highest BCUT2D eigenvalue weighted by atomic mass is 79.9. The summed E-state index contributed by atoms with van der Waals surface area (Å²) in [5.74, 6) is -0.426. The molecule has 0 spiro atoms. The largest absolute Gasteiger partial charge is 0.482 e. The van der Waals surface area contributed by atoms with E-state index in [4.69, 9.17) is 9.47 Å². The van der Waals surface area contributed by atoms with Crippen LogP contribution in [0.4, 0.5) is 5.69 Å². The number of carbonyl (C=O) groups excluding carboxylic acids is 2. The van der Waals surface area contributed by atoms with Crippen LogP contribution in [0, 0.1) is 6.92 Å². The molecule has 0 heterocycles. The van der Waals surface area contributed by atoms with Crippen LogP contribution in [-0.2, 0) is 20.7 Å². The van der Waals surface area contributed by atoms with Crippen molar-refractivity contribution in [2.75, 3.05) is 18.5 Å². The summed E-state index contributed by atoms with van der Waals surface area (Å²) in [6.45, 7) is 3.41. The predicted molar refractivity (Wildman–Crippen MR) is 99.8 cm³/mol. The Morgan fingerprint density at radius 3 is 2.44 bits per heavy atom. The van der Waals surface area contributed by atoms with Gasteiger partial charge in [-0.25, -0.2) is 4.79 Å². The van der Waals surface area contributed by atoms with Crippen molar-refractivity contribution in [3.63, 3.8) is 0 Å². The number of benzene rings is 2. The summed E-state index contributed by atoms with van der Waals surface area (Å²) in [4.78, 5) is 23.5. The number of carbonyl (C=O) groups is 2. The van der Waals surface area contributed by atoms with Gasteiger partial charge in [-0.3, -0.25) is 4.79 Å². The van der Waals surface area contributed by atoms with Gasteiger partial charge in [0.05, 0.1) is 5.69 Å². The molecule has 0 aromatic heterocycles. The first-order chi connectivity index (χ1) is 12.0. The minimum atomic E-state index is -0.599. The van der Waals surface area contributed by atoms with Gasteiger partial charge in [0.15, 0.2) is 13.2 Å². The second kappa shape index (κ2) is 9.22. The fraction of sp³-hybridized carbons (Fsp3) is 0.263. The number of halogens is 1. The summed E-state index contributed by atoms with van der Waals surface area (Å²) in [5, 5.41) is 2.68. The third-order valence-corrected chi connectivity index (χ3v) is 4.11. The summed E-state index contributed by atoms with van der Waals surface area (Å²) in [6.07, 6.45) is 0.939. The molecule has 5 nitrogen and oxygen atoms in total. The minimum absolute atomic E-state index is 0.243. The maximum atomic E-state index is 11.8. The third kappa shape index (κ3) is 6.23. The molecule has 0 aliphatic carbocycles. The van der Waals surface area contributed by atoms with Crippen LogP contribution in [0.3, 0.4) is 0 Å². The number of nitrogens with one attached hydrogen (secondary N) is 1. The Bertz CT molecular complexity index is 744. The van der Waals surface area contributed by atoms with Gasteiger partial charge >= 0.3 is 5.97 Å². The lowest BCUT2D eigenvalue weighted by Crippen LogP contribution is -2.23. The van der Waals surface area contributed by atoms with Crippen LogP contribution in [0.15, 0.2) is 46.9 Å². The first-order valence-corrected chi connectivity index (χ1v) is 8.70. The molecule has 0 saturated carbocycles. The Morgan fingerprint density at radius 1 is 1.08 bits per heavy atom. The zero-order valence-corrected chi connectivity index (χ0v) is 15.8. The molecular weight excluding hydrogens is 386 g/mol. The Labute approximate surface area is 155 Å². The van der Waals surface area contributed by atoms with Crippen molar-refractivity contribution >= 4 is 33.5 Å². The molecule has 2 rings (SSSR count). The molecule has 2 aromatic rings. The Hall–Kier alpha value is -2.34. The quantitative estimate of drug-likeness (QED) is 0.709. The molecule has 0 bridgehead atoms. The van der Waals surface area contributed by atoms with E-state index in [0.29, 0.717) is 11.4 Å². The third-order valence-electron chi connectivity index (χ3n) is 3.45. The van der Waals surface area contributed by atoms with Gasteiger partial charge in [0.2, 0.25) is 0 Å². The highest BCUT2D eigenvalue weighted by Gasteiger charge is 2.10. The van der Waals surface area contributed by atoms with E-state index in [-0.39, 0.29) is 13.2 Å². The second-order valence-electron chi connectivity index (χ2n) is 5.48. The average molecular weight is 406 g/mol. The number of aryl methyl sites for hydroxylation is 2. The molecule has 0 atom stereocenters. The maximum Gasteiger partial charge on any atom is 0.344 e. The molecule has 6 heteroatoms. The molecule has 0 aliphatic heterocycles. The van der Waals surface area contributed by atoms with Crippen molar-refractivity contribution < 1.29 is 19.1 Å². The summed E-state index contributed by atoms with van der Waals surface area (Å²) >= 11 is 3.37. The Kier molecular flexibility index (Phi) is 7.01. The molecule has 0 aliphatic rings. The van der Waals surface area contributed by atoms with Gasteiger partial charge in [0.25, 0.3) is 5.91 Å². The molecule has 2 aromatic carbocycles. The zero-order chi connectivity index (χ0) is 18.2. The van der Waals surface area contributed by atoms with E-state index in [9.17, 15) is 9.59 Å². The fourth-order valence-corrected chi connectivity index (χ4v) is 2.65. The lowest BCUT2D eigenvalue weighted by Gasteiger charge is -2.09. The van der Waals surface area contributed by atoms with Gasteiger partial charge in [-0.1, -0.05) is 25.1 Å². The van der Waals surface area contributed by atoms with Crippen molar-refractivity contribution in [2.45, 2.75) is 20.3 Å². The van der Waals surface area contributed by atoms with Gasteiger partial charge in [-0.2, -0.15) is 0 Å². The number of esters is 1. The van der Waals surface area contributed by atoms with E-state index in [0.717, 1.165) is 16.5 Å². The van der Waals surface area contributed by atoms with Crippen LogP contribution in [-0.4, -0.2) is 25.1 Å². The normalized spacial score (nSPS) is 10.2. The summed E-state index contributed by atoms with van der Waals surface area (Å²) in [5.41, 5.74) is 2.88. The SMILES string of the molecule is CCc1ccc(OCC(=O)OCC(=O)Nc2ccc(C)cc2Br)cc1. The minimum Gasteiger partial charge on any atom is -0.482 e. The summed E-state index contributed by atoms with van der Waals surface area (Å²) in [7, 11) is 0. The summed E-state index contributed by atoms with van der Waals surface area (Å²) in [6, 6.07) is 13.0. The molecule has 1 amide bonds. The van der Waals surface area contributed by atoms with Crippen LogP contribution in [0.5, 0.6) is 5.75 Å². The van der Waals surface area contributed by atoms with Crippen LogP contribution >= 0.6 is 15.9 Å². The molecule has 132 valence electrons. The van der Waals surface area contributed by atoms with Crippen LogP contribution in [0.2, 0.25) is 0 Å². The van der Waals surface area contributed by atoms with Gasteiger partial charge < -0.3 is 14.8 Å². The van der Waals surface area contributed by atoms with Crippen molar-refractivity contribution in [1.29, 1.82) is 0 Å². The topological polar surface area (TPSA) is 64.6 Å². The number of hydrogen-bond donors (Lipinski definition) is 1. The van der Waals surface area contributed by atoms with Crippen molar-refractivity contribution in [3.05, 3.63) is 58.1 Å². The van der Waals surface area contributed by atoms with Crippen molar-refractivity contribution in [3.8, 4) is 5.75 Å². The molecule has 0 radical (unpaired) electrons. The summed E-state index contributed by atoms with van der Waals surface area (Å²) < 4.78 is 11.0. The smallest absolute Gasteiger partial charge is 0.344 e. The van der Waals surface area contributed by atoms with Crippen LogP contribution in [0.1, 0.15) is 18.1 Å². The number of rotatable bonds is 7. The van der Waals surface area contributed by atoms with Crippen LogP contribution in [0.25, 0.3) is 0 Å². The first kappa shape index (κ1) is 19.0. The highest BCUT2D eigenvalue weighted by Crippen LogP contribution is 2.23. The van der Waals surface area contributed by atoms with E-state index in [1.807, 2.05) is 31.2 Å². The van der Waals surface area contributed by atoms with Gasteiger partial charge in [-0.15, -0.1) is 0 Å².